The van der Waals surface area contributed by atoms with Crippen molar-refractivity contribution in [3.63, 3.8) is 0 Å². The zero-order valence-electron chi connectivity index (χ0n) is 18.1. The summed E-state index contributed by atoms with van der Waals surface area (Å²) in [6, 6.07) is 16.5. The van der Waals surface area contributed by atoms with Crippen molar-refractivity contribution < 1.29 is 9.53 Å². The van der Waals surface area contributed by atoms with Gasteiger partial charge in [0.15, 0.2) is 5.96 Å². The van der Waals surface area contributed by atoms with Gasteiger partial charge in [0.25, 0.3) is 0 Å². The van der Waals surface area contributed by atoms with Crippen LogP contribution in [0.4, 0.5) is 0 Å². The van der Waals surface area contributed by atoms with Crippen LogP contribution in [-0.2, 0) is 17.8 Å². The molecule has 1 aliphatic heterocycles. The molecule has 1 aliphatic rings. The van der Waals surface area contributed by atoms with E-state index in [2.05, 4.69) is 33.8 Å². The summed E-state index contributed by atoms with van der Waals surface area (Å²) in [4.78, 5) is 18.6. The van der Waals surface area contributed by atoms with Gasteiger partial charge in [-0.2, -0.15) is 0 Å². The quantitative estimate of drug-likeness (QED) is 0.521. The van der Waals surface area contributed by atoms with Gasteiger partial charge in [-0.15, -0.1) is 0 Å². The summed E-state index contributed by atoms with van der Waals surface area (Å²) in [7, 11) is 3.45. The molecule has 30 heavy (non-hydrogen) atoms. The number of ether oxygens (including phenoxy) is 1. The van der Waals surface area contributed by atoms with Crippen LogP contribution in [0.25, 0.3) is 0 Å². The van der Waals surface area contributed by atoms with E-state index in [1.54, 1.807) is 14.2 Å². The first-order valence-electron chi connectivity index (χ1n) is 10.5. The van der Waals surface area contributed by atoms with Crippen LogP contribution in [0.2, 0.25) is 0 Å². The summed E-state index contributed by atoms with van der Waals surface area (Å²) < 4.78 is 5.31. The lowest BCUT2D eigenvalue weighted by molar-refractivity contribution is -0.127. The number of aryl methyl sites for hydroxylation is 1. The van der Waals surface area contributed by atoms with Gasteiger partial charge in [-0.1, -0.05) is 42.5 Å². The fourth-order valence-corrected chi connectivity index (χ4v) is 3.81. The number of nitrogens with one attached hydrogen (secondary N) is 2. The highest BCUT2D eigenvalue weighted by Gasteiger charge is 2.29. The number of nitrogens with zero attached hydrogens (tertiary/aromatic N) is 2. The summed E-state index contributed by atoms with van der Waals surface area (Å²) in [5, 5.41) is 6.71. The Labute approximate surface area is 179 Å². The number of methoxy groups -OCH3 is 1. The van der Waals surface area contributed by atoms with Crippen molar-refractivity contribution in [1.82, 2.24) is 15.5 Å². The third-order valence-electron chi connectivity index (χ3n) is 5.51. The van der Waals surface area contributed by atoms with E-state index in [1.807, 2.05) is 42.2 Å². The van der Waals surface area contributed by atoms with Crippen LogP contribution >= 0.6 is 0 Å². The van der Waals surface area contributed by atoms with Gasteiger partial charge in [-0.3, -0.25) is 9.79 Å². The Hall–Kier alpha value is -3.02. The zero-order valence-corrected chi connectivity index (χ0v) is 18.1. The minimum absolute atomic E-state index is 0.245. The van der Waals surface area contributed by atoms with E-state index in [-0.39, 0.29) is 5.91 Å². The van der Waals surface area contributed by atoms with Crippen LogP contribution < -0.4 is 15.4 Å². The highest BCUT2D eigenvalue weighted by molar-refractivity contribution is 5.80. The molecular formula is C24H32N4O2. The normalized spacial score (nSPS) is 16.6. The molecule has 0 spiro atoms. The van der Waals surface area contributed by atoms with Crippen LogP contribution in [-0.4, -0.2) is 50.6 Å². The minimum Gasteiger partial charge on any atom is -0.496 e. The fraction of sp³-hybridized carbons (Fsp3) is 0.417. The number of guanidine groups is 1. The molecule has 3 rings (SSSR count). The van der Waals surface area contributed by atoms with Gasteiger partial charge >= 0.3 is 0 Å². The number of amides is 1. The van der Waals surface area contributed by atoms with E-state index >= 15 is 0 Å². The Morgan fingerprint density at radius 1 is 1.17 bits per heavy atom. The van der Waals surface area contributed by atoms with Gasteiger partial charge in [0.05, 0.1) is 7.11 Å². The first kappa shape index (κ1) is 21.7. The van der Waals surface area contributed by atoms with Crippen molar-refractivity contribution in [3.8, 4) is 5.75 Å². The van der Waals surface area contributed by atoms with Crippen LogP contribution in [0.5, 0.6) is 5.75 Å². The number of carbonyl (C=O) groups is 1. The molecule has 6 nitrogen and oxygen atoms in total. The Morgan fingerprint density at radius 3 is 2.67 bits per heavy atom. The summed E-state index contributed by atoms with van der Waals surface area (Å²) in [5.41, 5.74) is 3.55. The maximum absolute atomic E-state index is 12.4. The second kappa shape index (κ2) is 10.7. The Kier molecular flexibility index (Phi) is 7.71. The van der Waals surface area contributed by atoms with Crippen molar-refractivity contribution >= 4 is 11.9 Å². The second-order valence-electron chi connectivity index (χ2n) is 7.76. The van der Waals surface area contributed by atoms with Crippen LogP contribution in [0.15, 0.2) is 53.5 Å². The predicted molar refractivity (Wildman–Crippen MR) is 121 cm³/mol. The van der Waals surface area contributed by atoms with Gasteiger partial charge in [0, 0.05) is 45.6 Å². The standard InChI is InChI=1S/C24H32N4O2/c1-18-13-20(9-10-22(18)30-3)15-26-24(25-2)27-16-21-14-23(29)28(17-21)12-11-19-7-5-4-6-8-19/h4-10,13,21H,11-12,14-17H2,1-3H3,(H2,25,26,27). The molecule has 0 aliphatic carbocycles. The van der Waals surface area contributed by atoms with Crippen LogP contribution in [0.3, 0.4) is 0 Å². The van der Waals surface area contributed by atoms with Gasteiger partial charge in [-0.25, -0.2) is 0 Å². The van der Waals surface area contributed by atoms with Crippen molar-refractivity contribution in [2.75, 3.05) is 33.8 Å². The van der Waals surface area contributed by atoms with Crippen LogP contribution in [0.1, 0.15) is 23.1 Å². The number of rotatable bonds is 8. The summed E-state index contributed by atoms with van der Waals surface area (Å²) in [5.74, 6) is 2.19. The molecule has 1 saturated heterocycles. The molecule has 1 amide bonds. The van der Waals surface area contributed by atoms with E-state index < -0.39 is 0 Å². The molecule has 1 atom stereocenters. The van der Waals surface area contributed by atoms with Gasteiger partial charge in [-0.05, 0) is 36.1 Å². The first-order chi connectivity index (χ1) is 14.6. The molecule has 0 aromatic heterocycles. The van der Waals surface area contributed by atoms with E-state index in [1.165, 1.54) is 11.1 Å². The third kappa shape index (κ3) is 5.99. The van der Waals surface area contributed by atoms with E-state index in [9.17, 15) is 4.79 Å². The number of likely N-dealkylation sites (tertiary alicyclic amines) is 1. The molecular weight excluding hydrogens is 376 g/mol. The maximum atomic E-state index is 12.4. The van der Waals surface area contributed by atoms with Crippen molar-refractivity contribution in [1.29, 1.82) is 0 Å². The highest BCUT2D eigenvalue weighted by atomic mass is 16.5. The summed E-state index contributed by atoms with van der Waals surface area (Å²) >= 11 is 0. The molecule has 0 radical (unpaired) electrons. The van der Waals surface area contributed by atoms with E-state index in [0.717, 1.165) is 43.3 Å². The summed E-state index contributed by atoms with van der Waals surface area (Å²) in [6.45, 7) is 5.03. The molecule has 2 aromatic rings. The summed E-state index contributed by atoms with van der Waals surface area (Å²) in [6.07, 6.45) is 1.49. The molecule has 2 aromatic carbocycles. The molecule has 6 heteroatoms. The lowest BCUT2D eigenvalue weighted by Crippen LogP contribution is -2.40. The number of benzene rings is 2. The lowest BCUT2D eigenvalue weighted by atomic mass is 10.1. The SMILES string of the molecule is CN=C(NCc1ccc(OC)c(C)c1)NCC1CC(=O)N(CCc2ccccc2)C1. The lowest BCUT2D eigenvalue weighted by Gasteiger charge is -2.18. The molecule has 1 heterocycles. The van der Waals surface area contributed by atoms with Crippen LogP contribution in [0, 0.1) is 12.8 Å². The maximum Gasteiger partial charge on any atom is 0.223 e. The van der Waals surface area contributed by atoms with E-state index in [0.29, 0.717) is 18.9 Å². The molecule has 0 bridgehead atoms. The topological polar surface area (TPSA) is 66.0 Å². The second-order valence-corrected chi connectivity index (χ2v) is 7.76. The van der Waals surface area contributed by atoms with Crippen molar-refractivity contribution in [2.24, 2.45) is 10.9 Å². The predicted octanol–water partition coefficient (Wildman–Crippen LogP) is 2.76. The van der Waals surface area contributed by atoms with Gasteiger partial charge in [0.2, 0.25) is 5.91 Å². The fourth-order valence-electron chi connectivity index (χ4n) is 3.81. The molecule has 0 saturated carbocycles. The Morgan fingerprint density at radius 2 is 1.97 bits per heavy atom. The zero-order chi connectivity index (χ0) is 21.3. The first-order valence-corrected chi connectivity index (χ1v) is 10.5. The Bertz CT molecular complexity index is 867. The highest BCUT2D eigenvalue weighted by Crippen LogP contribution is 2.19. The van der Waals surface area contributed by atoms with Crippen molar-refractivity contribution in [2.45, 2.75) is 26.3 Å². The smallest absolute Gasteiger partial charge is 0.223 e. The van der Waals surface area contributed by atoms with Gasteiger partial charge < -0.3 is 20.3 Å². The number of hydrogen-bond acceptors (Lipinski definition) is 3. The molecule has 1 fully saturated rings. The van der Waals surface area contributed by atoms with Crippen molar-refractivity contribution in [3.05, 3.63) is 65.2 Å². The molecule has 2 N–H and O–H groups in total. The molecule has 1 unspecified atom stereocenters. The Balaban J connectivity index is 1.42. The molecule has 160 valence electrons. The third-order valence-corrected chi connectivity index (χ3v) is 5.51. The number of carbonyl (C=O) groups excluding carboxylic acids is 1. The number of hydrogen-bond donors (Lipinski definition) is 2. The number of aliphatic imine (C=N–C) groups is 1. The van der Waals surface area contributed by atoms with E-state index in [4.69, 9.17) is 4.74 Å². The average molecular weight is 409 g/mol. The largest absolute Gasteiger partial charge is 0.496 e. The monoisotopic (exact) mass is 408 g/mol. The average Bonchev–Trinajstić information content (AvgIpc) is 3.12. The minimum atomic E-state index is 0.245. The van der Waals surface area contributed by atoms with Gasteiger partial charge in [0.1, 0.15) is 5.75 Å².